The normalized spacial score (nSPS) is 21.6. The number of carboxylic acids is 1. The summed E-state index contributed by atoms with van der Waals surface area (Å²) in [5.41, 5.74) is -0.685. The molecule has 16 heavy (non-hydrogen) atoms. The lowest BCUT2D eigenvalue weighted by atomic mass is 9.94. The Bertz CT molecular complexity index is 226. The van der Waals surface area contributed by atoms with Crippen molar-refractivity contribution in [3.8, 4) is 0 Å². The van der Waals surface area contributed by atoms with E-state index in [-0.39, 0.29) is 12.5 Å². The van der Waals surface area contributed by atoms with E-state index in [1.54, 1.807) is 0 Å². The second-order valence-corrected chi connectivity index (χ2v) is 4.55. The summed E-state index contributed by atoms with van der Waals surface area (Å²) < 4.78 is 5.19. The van der Waals surface area contributed by atoms with E-state index < -0.39 is 11.6 Å². The molecule has 1 atom stereocenters. The zero-order valence-electron chi connectivity index (χ0n) is 9.74. The first-order valence-corrected chi connectivity index (χ1v) is 5.77. The van der Waals surface area contributed by atoms with E-state index >= 15 is 0 Å². The van der Waals surface area contributed by atoms with Crippen molar-refractivity contribution in [1.82, 2.24) is 5.32 Å². The van der Waals surface area contributed by atoms with E-state index in [1.807, 2.05) is 6.92 Å². The van der Waals surface area contributed by atoms with Crippen molar-refractivity contribution in [3.05, 3.63) is 0 Å². The number of aliphatic hydroxyl groups is 1. The molecule has 1 aliphatic heterocycles. The minimum atomic E-state index is -0.779. The third-order valence-corrected chi connectivity index (χ3v) is 2.99. The first-order chi connectivity index (χ1) is 7.52. The highest BCUT2D eigenvalue weighted by molar-refractivity contribution is 5.66. The summed E-state index contributed by atoms with van der Waals surface area (Å²) in [6.45, 7) is 3.64. The van der Waals surface area contributed by atoms with Gasteiger partial charge < -0.3 is 20.3 Å². The van der Waals surface area contributed by atoms with Gasteiger partial charge in [-0.2, -0.15) is 0 Å². The smallest absolute Gasteiger partial charge is 0.303 e. The molecule has 0 aromatic rings. The van der Waals surface area contributed by atoms with Gasteiger partial charge in [0.1, 0.15) is 0 Å². The Labute approximate surface area is 95.8 Å². The molecule has 0 saturated carbocycles. The van der Waals surface area contributed by atoms with Crippen molar-refractivity contribution < 1.29 is 19.7 Å². The van der Waals surface area contributed by atoms with Crippen LogP contribution in [-0.4, -0.2) is 47.6 Å². The van der Waals surface area contributed by atoms with Crippen molar-refractivity contribution >= 4 is 5.97 Å². The van der Waals surface area contributed by atoms with E-state index in [1.165, 1.54) is 0 Å². The zero-order valence-corrected chi connectivity index (χ0v) is 9.74. The standard InChI is InChI=1S/C11H21NO4/c1-9(2-3-10(13)14)12-8-11(15)4-6-16-7-5-11/h9,12,15H,2-8H2,1H3,(H,13,14). The number of aliphatic carboxylic acids is 1. The van der Waals surface area contributed by atoms with Crippen LogP contribution in [0.25, 0.3) is 0 Å². The molecule has 0 aliphatic carbocycles. The number of hydrogen-bond acceptors (Lipinski definition) is 4. The second kappa shape index (κ2) is 6.18. The van der Waals surface area contributed by atoms with Gasteiger partial charge in [0.2, 0.25) is 0 Å². The van der Waals surface area contributed by atoms with E-state index in [9.17, 15) is 9.90 Å². The highest BCUT2D eigenvalue weighted by Crippen LogP contribution is 2.19. The number of nitrogens with one attached hydrogen (secondary N) is 1. The molecule has 1 heterocycles. The Morgan fingerprint density at radius 1 is 1.50 bits per heavy atom. The SMILES string of the molecule is CC(CCC(=O)O)NCC1(O)CCOCC1. The fourth-order valence-corrected chi connectivity index (χ4v) is 1.73. The van der Waals surface area contributed by atoms with Gasteiger partial charge in [0.25, 0.3) is 0 Å². The lowest BCUT2D eigenvalue weighted by Crippen LogP contribution is -2.47. The van der Waals surface area contributed by atoms with E-state index in [0.29, 0.717) is 39.0 Å². The minimum Gasteiger partial charge on any atom is -0.481 e. The van der Waals surface area contributed by atoms with Gasteiger partial charge in [-0.3, -0.25) is 4.79 Å². The van der Waals surface area contributed by atoms with E-state index in [2.05, 4.69) is 5.32 Å². The Hall–Kier alpha value is -0.650. The van der Waals surface area contributed by atoms with Crippen LogP contribution in [0.3, 0.4) is 0 Å². The molecule has 1 rings (SSSR count). The summed E-state index contributed by atoms with van der Waals surface area (Å²) in [6.07, 6.45) is 2.04. The molecule has 0 spiro atoms. The van der Waals surface area contributed by atoms with Gasteiger partial charge in [0, 0.05) is 45.1 Å². The monoisotopic (exact) mass is 231 g/mol. The summed E-state index contributed by atoms with van der Waals surface area (Å²) >= 11 is 0. The molecule has 0 aromatic carbocycles. The van der Waals surface area contributed by atoms with Gasteiger partial charge in [0.05, 0.1) is 5.60 Å². The maximum atomic E-state index is 10.4. The molecule has 5 nitrogen and oxygen atoms in total. The average Bonchev–Trinajstić information content (AvgIpc) is 2.25. The molecule has 0 bridgehead atoms. The van der Waals surface area contributed by atoms with Crippen LogP contribution in [0, 0.1) is 0 Å². The van der Waals surface area contributed by atoms with Gasteiger partial charge in [-0.05, 0) is 13.3 Å². The first kappa shape index (κ1) is 13.4. The predicted octanol–water partition coefficient (Wildman–Crippen LogP) is 0.371. The Morgan fingerprint density at radius 3 is 2.69 bits per heavy atom. The van der Waals surface area contributed by atoms with Crippen molar-refractivity contribution in [1.29, 1.82) is 0 Å². The van der Waals surface area contributed by atoms with Crippen LogP contribution < -0.4 is 5.32 Å². The van der Waals surface area contributed by atoms with Crippen molar-refractivity contribution in [2.24, 2.45) is 0 Å². The Morgan fingerprint density at radius 2 is 2.12 bits per heavy atom. The van der Waals surface area contributed by atoms with Crippen LogP contribution in [-0.2, 0) is 9.53 Å². The molecule has 1 saturated heterocycles. The summed E-state index contributed by atoms with van der Waals surface area (Å²) in [4.78, 5) is 10.4. The van der Waals surface area contributed by atoms with Gasteiger partial charge in [-0.1, -0.05) is 0 Å². The minimum absolute atomic E-state index is 0.114. The number of rotatable bonds is 6. The van der Waals surface area contributed by atoms with Crippen molar-refractivity contribution in [2.75, 3.05) is 19.8 Å². The van der Waals surface area contributed by atoms with Crippen LogP contribution in [0.1, 0.15) is 32.6 Å². The maximum Gasteiger partial charge on any atom is 0.303 e. The van der Waals surface area contributed by atoms with Gasteiger partial charge in [-0.25, -0.2) is 0 Å². The number of carbonyl (C=O) groups is 1. The first-order valence-electron chi connectivity index (χ1n) is 5.77. The fourth-order valence-electron chi connectivity index (χ4n) is 1.73. The molecule has 1 fully saturated rings. The molecular formula is C11H21NO4. The molecule has 5 heteroatoms. The van der Waals surface area contributed by atoms with Gasteiger partial charge in [0.15, 0.2) is 0 Å². The second-order valence-electron chi connectivity index (χ2n) is 4.55. The molecule has 0 aromatic heterocycles. The summed E-state index contributed by atoms with van der Waals surface area (Å²) in [5, 5.41) is 21.9. The lowest BCUT2D eigenvalue weighted by Gasteiger charge is -2.33. The highest BCUT2D eigenvalue weighted by Gasteiger charge is 2.29. The number of carboxylic acid groups (broad SMARTS) is 1. The number of hydrogen-bond donors (Lipinski definition) is 3. The lowest BCUT2D eigenvalue weighted by molar-refractivity contribution is -0.137. The van der Waals surface area contributed by atoms with Crippen molar-refractivity contribution in [2.45, 2.75) is 44.2 Å². The van der Waals surface area contributed by atoms with E-state index in [4.69, 9.17) is 9.84 Å². The zero-order chi connectivity index (χ0) is 12.0. The summed E-state index contributed by atoms with van der Waals surface area (Å²) in [7, 11) is 0. The molecule has 94 valence electrons. The molecule has 0 amide bonds. The quantitative estimate of drug-likeness (QED) is 0.615. The van der Waals surface area contributed by atoms with Crippen LogP contribution in [0.15, 0.2) is 0 Å². The molecule has 3 N–H and O–H groups in total. The fraction of sp³-hybridized carbons (Fsp3) is 0.909. The van der Waals surface area contributed by atoms with Crippen LogP contribution in [0.2, 0.25) is 0 Å². The van der Waals surface area contributed by atoms with Gasteiger partial charge >= 0.3 is 5.97 Å². The number of ether oxygens (including phenoxy) is 1. The van der Waals surface area contributed by atoms with Crippen LogP contribution in [0.4, 0.5) is 0 Å². The highest BCUT2D eigenvalue weighted by atomic mass is 16.5. The van der Waals surface area contributed by atoms with Gasteiger partial charge in [-0.15, -0.1) is 0 Å². The summed E-state index contributed by atoms with van der Waals surface area (Å²) in [6, 6.07) is 0.114. The van der Waals surface area contributed by atoms with Crippen molar-refractivity contribution in [3.63, 3.8) is 0 Å². The molecular weight excluding hydrogens is 210 g/mol. The largest absolute Gasteiger partial charge is 0.481 e. The Balaban J connectivity index is 2.19. The third kappa shape index (κ3) is 4.92. The molecule has 0 radical (unpaired) electrons. The summed E-state index contributed by atoms with van der Waals surface area (Å²) in [5.74, 6) is -0.779. The molecule has 1 aliphatic rings. The van der Waals surface area contributed by atoms with Crippen LogP contribution in [0.5, 0.6) is 0 Å². The van der Waals surface area contributed by atoms with E-state index in [0.717, 1.165) is 0 Å². The third-order valence-electron chi connectivity index (χ3n) is 2.99. The average molecular weight is 231 g/mol. The Kier molecular flexibility index (Phi) is 5.18. The molecule has 1 unspecified atom stereocenters. The maximum absolute atomic E-state index is 10.4. The van der Waals surface area contributed by atoms with Crippen LogP contribution >= 0.6 is 0 Å². The predicted molar refractivity (Wildman–Crippen MR) is 59.3 cm³/mol. The topological polar surface area (TPSA) is 78.8 Å².